The van der Waals surface area contributed by atoms with Gasteiger partial charge in [0.05, 0.1) is 36.1 Å². The first-order chi connectivity index (χ1) is 24.6. The van der Waals surface area contributed by atoms with Crippen LogP contribution in [0.4, 0.5) is 21.0 Å². The quantitative estimate of drug-likeness (QED) is 0.205. The van der Waals surface area contributed by atoms with Crippen LogP contribution < -0.4 is 20.7 Å². The van der Waals surface area contributed by atoms with Gasteiger partial charge in [0.25, 0.3) is 5.91 Å². The van der Waals surface area contributed by atoms with Crippen molar-refractivity contribution >= 4 is 40.1 Å². The van der Waals surface area contributed by atoms with Gasteiger partial charge in [-0.2, -0.15) is 0 Å². The SMILES string of the molecule is C[C@@H]1CCCCO[C@H](CN(C)C(=O)NC2CCCCC2)[C@H](C)CN([C@H](C)CO)C(=O)c2cc(NC(=O)Nc3cccc4ccccc34)ccc2O1. The number of hydrogen-bond acceptors (Lipinski definition) is 6. The van der Waals surface area contributed by atoms with E-state index in [9.17, 15) is 19.5 Å². The highest BCUT2D eigenvalue weighted by Crippen LogP contribution is 2.29. The van der Waals surface area contributed by atoms with E-state index in [4.69, 9.17) is 9.47 Å². The summed E-state index contributed by atoms with van der Waals surface area (Å²) in [5.74, 6) is -0.0888. The molecule has 5 rings (SSSR count). The summed E-state index contributed by atoms with van der Waals surface area (Å²) in [4.78, 5) is 44.2. The number of anilines is 2. The Labute approximate surface area is 302 Å². The van der Waals surface area contributed by atoms with Gasteiger partial charge in [0.15, 0.2) is 0 Å². The fourth-order valence-electron chi connectivity index (χ4n) is 6.97. The minimum Gasteiger partial charge on any atom is -0.490 e. The van der Waals surface area contributed by atoms with Crippen molar-refractivity contribution in [1.82, 2.24) is 15.1 Å². The Morgan fingerprint density at radius 1 is 0.961 bits per heavy atom. The van der Waals surface area contributed by atoms with Crippen LogP contribution in [0.25, 0.3) is 10.8 Å². The molecule has 3 aromatic carbocycles. The lowest BCUT2D eigenvalue weighted by Gasteiger charge is -2.36. The van der Waals surface area contributed by atoms with Gasteiger partial charge in [0.2, 0.25) is 0 Å². The van der Waals surface area contributed by atoms with Crippen molar-refractivity contribution in [3.63, 3.8) is 0 Å². The van der Waals surface area contributed by atoms with E-state index in [0.29, 0.717) is 30.3 Å². The molecule has 0 radical (unpaired) electrons. The van der Waals surface area contributed by atoms with E-state index in [-0.39, 0.29) is 54.8 Å². The van der Waals surface area contributed by atoms with Crippen molar-refractivity contribution in [3.8, 4) is 5.75 Å². The smallest absolute Gasteiger partial charge is 0.323 e. The summed E-state index contributed by atoms with van der Waals surface area (Å²) in [5.41, 5.74) is 1.38. The molecular formula is C40H55N5O6. The summed E-state index contributed by atoms with van der Waals surface area (Å²) in [6, 6.07) is 17.7. The minimum atomic E-state index is -0.516. The number of fused-ring (bicyclic) bond motifs is 2. The van der Waals surface area contributed by atoms with Gasteiger partial charge in [0.1, 0.15) is 5.75 Å². The van der Waals surface area contributed by atoms with Gasteiger partial charge in [0, 0.05) is 49.8 Å². The van der Waals surface area contributed by atoms with Crippen molar-refractivity contribution in [2.24, 2.45) is 5.92 Å². The van der Waals surface area contributed by atoms with Crippen molar-refractivity contribution in [2.45, 2.75) is 96.4 Å². The van der Waals surface area contributed by atoms with Crippen LogP contribution in [-0.2, 0) is 4.74 Å². The first-order valence-electron chi connectivity index (χ1n) is 18.5. The highest BCUT2D eigenvalue weighted by atomic mass is 16.5. The molecule has 0 bridgehead atoms. The van der Waals surface area contributed by atoms with E-state index >= 15 is 0 Å². The number of hydrogen-bond donors (Lipinski definition) is 4. The molecule has 11 nitrogen and oxygen atoms in total. The Balaban J connectivity index is 1.36. The summed E-state index contributed by atoms with van der Waals surface area (Å²) in [5, 5.41) is 21.2. The maximum absolute atomic E-state index is 14.5. The van der Waals surface area contributed by atoms with Crippen LogP contribution in [0.2, 0.25) is 0 Å². The lowest BCUT2D eigenvalue weighted by molar-refractivity contribution is -0.0123. The summed E-state index contributed by atoms with van der Waals surface area (Å²) in [6.07, 6.45) is 7.41. The molecule has 0 spiro atoms. The first kappa shape index (κ1) is 37.9. The van der Waals surface area contributed by atoms with Crippen LogP contribution in [0.5, 0.6) is 5.75 Å². The lowest BCUT2D eigenvalue weighted by Crippen LogP contribution is -2.50. The number of likely N-dealkylation sites (N-methyl/N-ethyl adjacent to an activating group) is 1. The fraction of sp³-hybridized carbons (Fsp3) is 0.525. The Hall–Kier alpha value is -4.35. The van der Waals surface area contributed by atoms with E-state index < -0.39 is 12.1 Å². The molecule has 3 aromatic rings. The van der Waals surface area contributed by atoms with Gasteiger partial charge >= 0.3 is 12.1 Å². The number of rotatable bonds is 7. The minimum absolute atomic E-state index is 0.113. The average molecular weight is 702 g/mol. The molecule has 5 amide bonds. The average Bonchev–Trinajstić information content (AvgIpc) is 3.13. The molecule has 1 saturated carbocycles. The normalized spacial score (nSPS) is 21.5. The van der Waals surface area contributed by atoms with Crippen molar-refractivity contribution in [2.75, 3.05) is 44.0 Å². The van der Waals surface area contributed by atoms with Crippen LogP contribution in [0.15, 0.2) is 60.7 Å². The predicted molar refractivity (Wildman–Crippen MR) is 201 cm³/mol. The first-order valence-corrected chi connectivity index (χ1v) is 18.5. The predicted octanol–water partition coefficient (Wildman–Crippen LogP) is 7.25. The second-order valence-electron chi connectivity index (χ2n) is 14.3. The van der Waals surface area contributed by atoms with Gasteiger partial charge in [-0.3, -0.25) is 4.79 Å². The standard InChI is InChI=1S/C40H55N5O6/c1-27-24-45(28(2)26-46)38(47)34-23-32(41-39(48)43-35-19-12-15-30-14-8-9-18-33(30)35)20-21-36(34)51-29(3)13-10-11-22-50-37(27)25-44(4)40(49)42-31-16-6-5-7-17-31/h8-9,12,14-15,18-21,23,27-29,31,37,46H,5-7,10-11,13,16-17,22,24-26H2,1-4H3,(H,42,49)(H2,41,43,48)/t27-,28-,29-,37-/m1/s1. The lowest BCUT2D eigenvalue weighted by atomic mass is 9.96. The largest absolute Gasteiger partial charge is 0.490 e. The van der Waals surface area contributed by atoms with Crippen LogP contribution in [-0.4, -0.2) is 90.5 Å². The number of amides is 5. The third kappa shape index (κ3) is 10.4. The zero-order chi connectivity index (χ0) is 36.3. The van der Waals surface area contributed by atoms with E-state index in [1.54, 1.807) is 42.0 Å². The number of aliphatic hydroxyl groups is 1. The fourth-order valence-corrected chi connectivity index (χ4v) is 6.97. The summed E-state index contributed by atoms with van der Waals surface area (Å²) >= 11 is 0. The van der Waals surface area contributed by atoms with Gasteiger partial charge < -0.3 is 40.3 Å². The number of carbonyl (C=O) groups excluding carboxylic acids is 3. The molecule has 51 heavy (non-hydrogen) atoms. The molecular weight excluding hydrogens is 646 g/mol. The van der Waals surface area contributed by atoms with Gasteiger partial charge in [-0.05, 0) is 75.6 Å². The number of ether oxygens (including phenoxy) is 2. The monoisotopic (exact) mass is 701 g/mol. The number of aliphatic hydroxyl groups excluding tert-OH is 1. The second kappa shape index (κ2) is 18.2. The molecule has 0 unspecified atom stereocenters. The van der Waals surface area contributed by atoms with Crippen LogP contribution in [0.1, 0.15) is 82.5 Å². The van der Waals surface area contributed by atoms with Crippen LogP contribution in [0.3, 0.4) is 0 Å². The van der Waals surface area contributed by atoms with E-state index in [2.05, 4.69) is 16.0 Å². The van der Waals surface area contributed by atoms with Gasteiger partial charge in [-0.15, -0.1) is 0 Å². The molecule has 4 atom stereocenters. The molecule has 4 N–H and O–H groups in total. The van der Waals surface area contributed by atoms with E-state index in [1.807, 2.05) is 56.3 Å². The van der Waals surface area contributed by atoms with Crippen molar-refractivity contribution < 1.29 is 29.0 Å². The zero-order valence-corrected chi connectivity index (χ0v) is 30.5. The number of urea groups is 2. The Kier molecular flexibility index (Phi) is 13.5. The Morgan fingerprint density at radius 2 is 1.71 bits per heavy atom. The third-order valence-corrected chi connectivity index (χ3v) is 10.1. The van der Waals surface area contributed by atoms with Crippen LogP contribution >= 0.6 is 0 Å². The molecule has 0 saturated heterocycles. The molecule has 1 heterocycles. The number of nitrogens with one attached hydrogen (secondary N) is 3. The summed E-state index contributed by atoms with van der Waals surface area (Å²) in [6.45, 7) is 6.72. The van der Waals surface area contributed by atoms with E-state index in [0.717, 1.165) is 55.7 Å². The molecule has 0 aromatic heterocycles. The van der Waals surface area contributed by atoms with Gasteiger partial charge in [-0.25, -0.2) is 9.59 Å². The summed E-state index contributed by atoms with van der Waals surface area (Å²) in [7, 11) is 1.79. The molecule has 276 valence electrons. The highest BCUT2D eigenvalue weighted by Gasteiger charge is 2.31. The molecule has 1 aliphatic carbocycles. The van der Waals surface area contributed by atoms with Crippen molar-refractivity contribution in [3.05, 3.63) is 66.2 Å². The second-order valence-corrected chi connectivity index (χ2v) is 14.3. The molecule has 1 fully saturated rings. The van der Waals surface area contributed by atoms with Gasteiger partial charge in [-0.1, -0.05) is 62.6 Å². The van der Waals surface area contributed by atoms with Crippen LogP contribution in [0, 0.1) is 5.92 Å². The Bertz CT molecular complexity index is 1620. The highest BCUT2D eigenvalue weighted by molar-refractivity contribution is 6.07. The maximum Gasteiger partial charge on any atom is 0.323 e. The number of benzene rings is 3. The van der Waals surface area contributed by atoms with Crippen molar-refractivity contribution in [1.29, 1.82) is 0 Å². The molecule has 11 heteroatoms. The maximum atomic E-state index is 14.5. The summed E-state index contributed by atoms with van der Waals surface area (Å²) < 4.78 is 12.8. The van der Waals surface area contributed by atoms with E-state index in [1.165, 1.54) is 6.42 Å². The number of carbonyl (C=O) groups is 3. The molecule has 2 aliphatic rings. The Morgan fingerprint density at radius 3 is 2.49 bits per heavy atom. The third-order valence-electron chi connectivity index (χ3n) is 10.1. The number of nitrogens with zero attached hydrogens (tertiary/aromatic N) is 2. The topological polar surface area (TPSA) is 132 Å². The molecule has 1 aliphatic heterocycles. The zero-order valence-electron chi connectivity index (χ0n) is 30.5.